The van der Waals surface area contributed by atoms with Crippen molar-refractivity contribution in [2.24, 2.45) is 0 Å². The minimum atomic E-state index is -4.01. The second-order valence-corrected chi connectivity index (χ2v) is 6.81. The Bertz CT molecular complexity index is 813. The van der Waals surface area contributed by atoms with Gasteiger partial charge in [0, 0.05) is 22.8 Å². The Labute approximate surface area is 133 Å². The lowest BCUT2D eigenvalue weighted by Gasteiger charge is -2.09. The highest BCUT2D eigenvalue weighted by Crippen LogP contribution is 2.26. The molecule has 0 spiro atoms. The van der Waals surface area contributed by atoms with Gasteiger partial charge in [-0.15, -0.1) is 0 Å². The summed E-state index contributed by atoms with van der Waals surface area (Å²) in [6.07, 6.45) is 1.41. The van der Waals surface area contributed by atoms with Crippen LogP contribution >= 0.6 is 27.5 Å². The van der Waals surface area contributed by atoms with Gasteiger partial charge in [-0.25, -0.2) is 13.4 Å². The lowest BCUT2D eigenvalue weighted by molar-refractivity contribution is -0.385. The number of hydrogen-bond acceptors (Lipinski definition) is 5. The molecule has 0 saturated carbocycles. The zero-order chi connectivity index (χ0) is 15.6. The second kappa shape index (κ2) is 5.96. The quantitative estimate of drug-likeness (QED) is 0.489. The summed E-state index contributed by atoms with van der Waals surface area (Å²) in [6, 6.07) is 6.13. The summed E-state index contributed by atoms with van der Waals surface area (Å²) in [5.74, 6) is 0. The third kappa shape index (κ3) is 3.69. The van der Waals surface area contributed by atoms with Gasteiger partial charge in [0.2, 0.25) is 0 Å². The number of pyridine rings is 1. The van der Waals surface area contributed by atoms with Crippen LogP contribution in [0.4, 0.5) is 11.4 Å². The number of rotatable bonds is 4. The van der Waals surface area contributed by atoms with E-state index in [0.29, 0.717) is 4.47 Å². The fourth-order valence-electron chi connectivity index (χ4n) is 1.46. The molecule has 0 bridgehead atoms. The Balaban J connectivity index is 2.41. The molecule has 1 N–H and O–H groups in total. The van der Waals surface area contributed by atoms with Crippen molar-refractivity contribution in [3.8, 4) is 0 Å². The number of sulfonamides is 1. The van der Waals surface area contributed by atoms with E-state index in [0.717, 1.165) is 6.07 Å². The van der Waals surface area contributed by atoms with Crippen molar-refractivity contribution >= 4 is 48.9 Å². The van der Waals surface area contributed by atoms with Crippen molar-refractivity contribution in [1.29, 1.82) is 0 Å². The zero-order valence-electron chi connectivity index (χ0n) is 10.2. The lowest BCUT2D eigenvalue weighted by atomic mass is 10.3. The van der Waals surface area contributed by atoms with E-state index in [9.17, 15) is 18.5 Å². The van der Waals surface area contributed by atoms with Crippen LogP contribution in [0.3, 0.4) is 0 Å². The summed E-state index contributed by atoms with van der Waals surface area (Å²) in [6.45, 7) is 0. The van der Waals surface area contributed by atoms with Crippen LogP contribution in [-0.2, 0) is 10.0 Å². The van der Waals surface area contributed by atoms with Gasteiger partial charge < -0.3 is 0 Å². The van der Waals surface area contributed by atoms with E-state index < -0.39 is 14.9 Å². The van der Waals surface area contributed by atoms with Gasteiger partial charge in [-0.1, -0.05) is 17.7 Å². The average Bonchev–Trinajstić information content (AvgIpc) is 2.43. The molecule has 0 saturated heterocycles. The molecule has 0 aliphatic carbocycles. The number of nitro groups is 1. The number of nitrogens with one attached hydrogen (secondary N) is 1. The number of aromatic nitrogens is 1. The van der Waals surface area contributed by atoms with Crippen LogP contribution in [0.2, 0.25) is 5.15 Å². The summed E-state index contributed by atoms with van der Waals surface area (Å²) in [5, 5.41) is 10.7. The first kappa shape index (κ1) is 15.7. The molecule has 21 heavy (non-hydrogen) atoms. The monoisotopic (exact) mass is 391 g/mol. The van der Waals surface area contributed by atoms with E-state index in [-0.39, 0.29) is 21.4 Å². The Hall–Kier alpha value is -1.71. The molecule has 0 amide bonds. The van der Waals surface area contributed by atoms with E-state index in [1.165, 1.54) is 30.5 Å². The van der Waals surface area contributed by atoms with Crippen LogP contribution in [0.1, 0.15) is 0 Å². The van der Waals surface area contributed by atoms with Gasteiger partial charge in [0.1, 0.15) is 0 Å². The SMILES string of the molecule is O=[N+]([O-])c1cccc(S(=O)(=O)Nc2cc(Br)cnc2Cl)c1. The second-order valence-electron chi connectivity index (χ2n) is 3.85. The molecule has 110 valence electrons. The standard InChI is InChI=1S/C11H7BrClN3O4S/c12-7-4-10(11(13)14-6-7)15-21(19,20)9-3-1-2-8(5-9)16(17)18/h1-6,15H. The maximum absolute atomic E-state index is 12.2. The predicted molar refractivity (Wildman–Crippen MR) is 80.9 cm³/mol. The maximum atomic E-state index is 12.2. The van der Waals surface area contributed by atoms with Crippen molar-refractivity contribution in [3.63, 3.8) is 0 Å². The summed E-state index contributed by atoms with van der Waals surface area (Å²) in [7, 11) is -4.01. The van der Waals surface area contributed by atoms with Gasteiger partial charge in [-0.3, -0.25) is 14.8 Å². The number of non-ortho nitro benzene ring substituents is 1. The topological polar surface area (TPSA) is 102 Å². The van der Waals surface area contributed by atoms with Crippen LogP contribution in [0.5, 0.6) is 0 Å². The smallest absolute Gasteiger partial charge is 0.270 e. The molecular formula is C11H7BrClN3O4S. The van der Waals surface area contributed by atoms with Crippen molar-refractivity contribution in [1.82, 2.24) is 4.98 Å². The fraction of sp³-hybridized carbons (Fsp3) is 0. The molecule has 0 aliphatic rings. The van der Waals surface area contributed by atoms with Gasteiger partial charge >= 0.3 is 0 Å². The van der Waals surface area contributed by atoms with E-state index in [1.54, 1.807) is 0 Å². The summed E-state index contributed by atoms with van der Waals surface area (Å²) < 4.78 is 27.2. The summed E-state index contributed by atoms with van der Waals surface area (Å²) in [4.78, 5) is 13.6. The molecule has 1 aromatic heterocycles. The molecule has 0 radical (unpaired) electrons. The van der Waals surface area contributed by atoms with Gasteiger partial charge in [-0.05, 0) is 28.1 Å². The highest BCUT2D eigenvalue weighted by Gasteiger charge is 2.19. The lowest BCUT2D eigenvalue weighted by Crippen LogP contribution is -2.13. The van der Waals surface area contributed by atoms with Crippen LogP contribution in [0.25, 0.3) is 0 Å². The molecule has 0 unspecified atom stereocenters. The van der Waals surface area contributed by atoms with E-state index >= 15 is 0 Å². The van der Waals surface area contributed by atoms with E-state index in [1.807, 2.05) is 0 Å². The number of nitrogens with zero attached hydrogens (tertiary/aromatic N) is 2. The van der Waals surface area contributed by atoms with Crippen molar-refractivity contribution in [2.75, 3.05) is 4.72 Å². The zero-order valence-corrected chi connectivity index (χ0v) is 13.3. The van der Waals surface area contributed by atoms with Crippen LogP contribution < -0.4 is 4.72 Å². The predicted octanol–water partition coefficient (Wildman–Crippen LogP) is 3.21. The molecule has 10 heteroatoms. The molecule has 0 aliphatic heterocycles. The van der Waals surface area contributed by atoms with Crippen molar-refractivity contribution < 1.29 is 13.3 Å². The Kier molecular flexibility index (Phi) is 4.45. The molecule has 2 aromatic rings. The largest absolute Gasteiger partial charge is 0.276 e. The van der Waals surface area contributed by atoms with Crippen molar-refractivity contribution in [2.45, 2.75) is 4.90 Å². The highest BCUT2D eigenvalue weighted by molar-refractivity contribution is 9.10. The third-order valence-corrected chi connectivity index (χ3v) is 4.49. The molecule has 2 rings (SSSR count). The summed E-state index contributed by atoms with van der Waals surface area (Å²) >= 11 is 8.95. The molecule has 7 nitrogen and oxygen atoms in total. The number of hydrogen-bond donors (Lipinski definition) is 1. The Morgan fingerprint density at radius 3 is 2.71 bits per heavy atom. The Morgan fingerprint density at radius 2 is 2.05 bits per heavy atom. The highest BCUT2D eigenvalue weighted by atomic mass is 79.9. The number of anilines is 1. The van der Waals surface area contributed by atoms with E-state index in [4.69, 9.17) is 11.6 Å². The first-order valence-corrected chi connectivity index (χ1v) is 8.03. The third-order valence-electron chi connectivity index (χ3n) is 2.39. The number of benzene rings is 1. The van der Waals surface area contributed by atoms with Crippen LogP contribution in [-0.4, -0.2) is 18.3 Å². The fourth-order valence-corrected chi connectivity index (χ4v) is 3.10. The van der Waals surface area contributed by atoms with Crippen LogP contribution in [0, 0.1) is 10.1 Å². The molecule has 1 heterocycles. The van der Waals surface area contributed by atoms with Crippen molar-refractivity contribution in [3.05, 3.63) is 56.3 Å². The van der Waals surface area contributed by atoms with Gasteiger partial charge in [0.25, 0.3) is 15.7 Å². The van der Waals surface area contributed by atoms with Gasteiger partial charge in [0.05, 0.1) is 15.5 Å². The molecule has 0 fully saturated rings. The minimum absolute atomic E-state index is 0.0350. The normalized spacial score (nSPS) is 11.1. The van der Waals surface area contributed by atoms with E-state index in [2.05, 4.69) is 25.6 Å². The number of halogens is 2. The van der Waals surface area contributed by atoms with Gasteiger partial charge in [-0.2, -0.15) is 0 Å². The van der Waals surface area contributed by atoms with Crippen LogP contribution in [0.15, 0.2) is 45.9 Å². The first-order chi connectivity index (χ1) is 9.79. The maximum Gasteiger partial charge on any atom is 0.270 e. The first-order valence-electron chi connectivity index (χ1n) is 5.38. The molecular weight excluding hydrogens is 386 g/mol. The Morgan fingerprint density at radius 1 is 1.33 bits per heavy atom. The average molecular weight is 393 g/mol. The molecule has 1 aromatic carbocycles. The summed E-state index contributed by atoms with van der Waals surface area (Å²) in [5.41, 5.74) is -0.256. The minimum Gasteiger partial charge on any atom is -0.276 e. The van der Waals surface area contributed by atoms with Gasteiger partial charge in [0.15, 0.2) is 5.15 Å². The molecule has 0 atom stereocenters. The number of nitro benzene ring substituents is 1.